The summed E-state index contributed by atoms with van der Waals surface area (Å²) < 4.78 is 0. The van der Waals surface area contributed by atoms with Gasteiger partial charge in [0.15, 0.2) is 5.96 Å². The Morgan fingerprint density at radius 1 is 1.19 bits per heavy atom. The number of guanidine groups is 1. The van der Waals surface area contributed by atoms with Crippen molar-refractivity contribution in [1.29, 1.82) is 5.41 Å². The highest BCUT2D eigenvalue weighted by Gasteiger charge is 2.20. The van der Waals surface area contributed by atoms with Crippen LogP contribution in [0.3, 0.4) is 0 Å². The number of amides is 3. The second-order valence-corrected chi connectivity index (χ2v) is 6.71. The van der Waals surface area contributed by atoms with Crippen LogP contribution in [0.5, 0.6) is 0 Å². The number of nitrogens with two attached hydrogens (primary N) is 2. The molecule has 27 heavy (non-hydrogen) atoms. The van der Waals surface area contributed by atoms with E-state index in [9.17, 15) is 19.2 Å². The summed E-state index contributed by atoms with van der Waals surface area (Å²) in [6.45, 7) is 1.56. The van der Waals surface area contributed by atoms with Crippen LogP contribution >= 0.6 is 11.8 Å². The van der Waals surface area contributed by atoms with Gasteiger partial charge >= 0.3 is 0 Å². The Bertz CT molecular complexity index is 532. The summed E-state index contributed by atoms with van der Waals surface area (Å²) in [6, 6.07) is -2.27. The molecule has 154 valence electrons. The highest BCUT2D eigenvalue weighted by atomic mass is 32.2. The van der Waals surface area contributed by atoms with Gasteiger partial charge in [-0.3, -0.25) is 19.8 Å². The van der Waals surface area contributed by atoms with Crippen LogP contribution in [0, 0.1) is 5.41 Å². The Hall–Kier alpha value is -2.34. The molecular formula is C15H29N7O4S. The number of hydrogen-bond acceptors (Lipinski definition) is 7. The topological polar surface area (TPSA) is 192 Å². The van der Waals surface area contributed by atoms with Gasteiger partial charge in [-0.2, -0.15) is 11.8 Å². The molecule has 0 saturated carbocycles. The molecule has 0 radical (unpaired) electrons. The Balaban J connectivity index is 4.19. The highest BCUT2D eigenvalue weighted by Crippen LogP contribution is 1.96. The molecule has 0 spiro atoms. The Labute approximate surface area is 162 Å². The number of carbonyl (C=O) groups is 4. The van der Waals surface area contributed by atoms with Gasteiger partial charge in [0, 0.05) is 12.3 Å². The lowest BCUT2D eigenvalue weighted by Crippen LogP contribution is -2.52. The number of rotatable bonds is 13. The minimum atomic E-state index is -0.849. The average Bonchev–Trinajstić information content (AvgIpc) is 2.61. The van der Waals surface area contributed by atoms with E-state index in [1.165, 1.54) is 18.7 Å². The minimum absolute atomic E-state index is 0.167. The second-order valence-electron chi connectivity index (χ2n) is 5.80. The second kappa shape index (κ2) is 13.8. The Morgan fingerprint density at radius 2 is 1.85 bits per heavy atom. The van der Waals surface area contributed by atoms with Gasteiger partial charge < -0.3 is 37.5 Å². The van der Waals surface area contributed by atoms with Crippen LogP contribution in [0.25, 0.3) is 0 Å². The predicted molar refractivity (Wildman–Crippen MR) is 104 cm³/mol. The molecule has 0 unspecified atom stereocenters. The first kappa shape index (κ1) is 24.7. The van der Waals surface area contributed by atoms with Gasteiger partial charge in [0.2, 0.25) is 17.7 Å². The molecule has 3 atom stereocenters. The third-order valence-corrected chi connectivity index (χ3v) is 4.07. The number of thioether (sulfide) groups is 1. The number of hydrogen-bond donors (Lipinski definition) is 7. The van der Waals surface area contributed by atoms with Crippen molar-refractivity contribution in [2.75, 3.05) is 25.1 Å². The Kier molecular flexibility index (Phi) is 12.6. The summed E-state index contributed by atoms with van der Waals surface area (Å²) >= 11 is 1.42. The average molecular weight is 404 g/mol. The van der Waals surface area contributed by atoms with Gasteiger partial charge in [0.25, 0.3) is 0 Å². The standard InChI is InChI=1S/C15H29N7O4S/c1-9(21-14(26)11(16)8-27-2)13(25)20-6-12(24)22-10(7-23)4-3-5-19-15(17)18/h7,9-11H,3-6,8,16H2,1-2H3,(H,20,25)(H,21,26)(H,22,24)(H4,17,18,19)/t9-,10+,11-/m0/s1. The lowest BCUT2D eigenvalue weighted by atomic mass is 10.1. The number of carbonyl (C=O) groups excluding carboxylic acids is 4. The van der Waals surface area contributed by atoms with Crippen LogP contribution in [0.4, 0.5) is 0 Å². The maximum atomic E-state index is 11.9. The number of nitrogens with one attached hydrogen (secondary N) is 5. The first-order chi connectivity index (χ1) is 12.7. The van der Waals surface area contributed by atoms with Crippen LogP contribution in [0.15, 0.2) is 0 Å². The van der Waals surface area contributed by atoms with Crippen molar-refractivity contribution in [3.63, 3.8) is 0 Å². The maximum Gasteiger partial charge on any atom is 0.242 e. The van der Waals surface area contributed by atoms with Crippen LogP contribution in [-0.4, -0.2) is 73.2 Å². The summed E-state index contributed by atoms with van der Waals surface area (Å²) in [4.78, 5) is 46.5. The fourth-order valence-electron chi connectivity index (χ4n) is 1.94. The van der Waals surface area contributed by atoms with Gasteiger partial charge in [0.1, 0.15) is 12.3 Å². The van der Waals surface area contributed by atoms with Gasteiger partial charge in [-0.05, 0) is 26.0 Å². The normalized spacial score (nSPS) is 13.6. The first-order valence-electron chi connectivity index (χ1n) is 8.36. The summed E-state index contributed by atoms with van der Waals surface area (Å²) in [5, 5.41) is 16.9. The van der Waals surface area contributed by atoms with Crippen molar-refractivity contribution in [2.24, 2.45) is 11.5 Å². The summed E-state index contributed by atoms with van der Waals surface area (Å²) in [5.74, 6) is -1.25. The quantitative estimate of drug-likeness (QED) is 0.0744. The number of aldehydes is 1. The van der Waals surface area contributed by atoms with Crippen molar-refractivity contribution in [3.05, 3.63) is 0 Å². The Morgan fingerprint density at radius 3 is 2.41 bits per heavy atom. The van der Waals surface area contributed by atoms with Crippen molar-refractivity contribution >= 4 is 41.7 Å². The molecule has 0 aliphatic rings. The highest BCUT2D eigenvalue weighted by molar-refractivity contribution is 7.98. The minimum Gasteiger partial charge on any atom is -0.370 e. The van der Waals surface area contributed by atoms with E-state index >= 15 is 0 Å². The molecule has 0 saturated heterocycles. The zero-order chi connectivity index (χ0) is 20.8. The third kappa shape index (κ3) is 11.8. The molecule has 0 aromatic rings. The summed E-state index contributed by atoms with van der Waals surface area (Å²) in [6.07, 6.45) is 3.30. The van der Waals surface area contributed by atoms with Crippen molar-refractivity contribution in [1.82, 2.24) is 21.3 Å². The summed E-state index contributed by atoms with van der Waals surface area (Å²) in [5.41, 5.74) is 10.8. The molecular weight excluding hydrogens is 374 g/mol. The monoisotopic (exact) mass is 403 g/mol. The third-order valence-electron chi connectivity index (χ3n) is 3.38. The van der Waals surface area contributed by atoms with E-state index in [1.54, 1.807) is 0 Å². The molecule has 3 amide bonds. The van der Waals surface area contributed by atoms with Crippen molar-refractivity contribution in [3.8, 4) is 0 Å². The molecule has 11 nitrogen and oxygen atoms in total. The zero-order valence-electron chi connectivity index (χ0n) is 15.5. The first-order valence-corrected chi connectivity index (χ1v) is 9.75. The molecule has 12 heteroatoms. The van der Waals surface area contributed by atoms with Gasteiger partial charge in [-0.25, -0.2) is 0 Å². The molecule has 0 fully saturated rings. The fourth-order valence-corrected chi connectivity index (χ4v) is 2.45. The van der Waals surface area contributed by atoms with Gasteiger partial charge in [-0.1, -0.05) is 0 Å². The van der Waals surface area contributed by atoms with E-state index in [4.69, 9.17) is 16.9 Å². The lowest BCUT2D eigenvalue weighted by molar-refractivity contribution is -0.130. The van der Waals surface area contributed by atoms with E-state index in [-0.39, 0.29) is 12.5 Å². The van der Waals surface area contributed by atoms with E-state index in [2.05, 4.69) is 21.3 Å². The van der Waals surface area contributed by atoms with Gasteiger partial charge in [-0.15, -0.1) is 0 Å². The van der Waals surface area contributed by atoms with E-state index in [0.717, 1.165) is 0 Å². The van der Waals surface area contributed by atoms with E-state index < -0.39 is 35.8 Å². The largest absolute Gasteiger partial charge is 0.370 e. The fraction of sp³-hybridized carbons (Fsp3) is 0.667. The molecule has 0 aliphatic carbocycles. The lowest BCUT2D eigenvalue weighted by Gasteiger charge is -2.17. The smallest absolute Gasteiger partial charge is 0.242 e. The van der Waals surface area contributed by atoms with Crippen LogP contribution in [-0.2, 0) is 19.2 Å². The van der Waals surface area contributed by atoms with Gasteiger partial charge in [0.05, 0.1) is 18.6 Å². The molecule has 0 rings (SSSR count). The molecule has 9 N–H and O–H groups in total. The van der Waals surface area contributed by atoms with Crippen molar-refractivity contribution in [2.45, 2.75) is 37.9 Å². The molecule has 0 bridgehead atoms. The molecule has 0 aliphatic heterocycles. The van der Waals surface area contributed by atoms with Crippen LogP contribution in [0.1, 0.15) is 19.8 Å². The molecule has 0 aromatic heterocycles. The summed E-state index contributed by atoms with van der Waals surface area (Å²) in [7, 11) is 0. The predicted octanol–water partition coefficient (Wildman–Crippen LogP) is -2.76. The molecule has 0 heterocycles. The van der Waals surface area contributed by atoms with E-state index in [1.807, 2.05) is 6.26 Å². The molecule has 0 aromatic carbocycles. The van der Waals surface area contributed by atoms with E-state index in [0.29, 0.717) is 31.4 Å². The van der Waals surface area contributed by atoms with Crippen LogP contribution in [0.2, 0.25) is 0 Å². The van der Waals surface area contributed by atoms with Crippen molar-refractivity contribution < 1.29 is 19.2 Å². The maximum absolute atomic E-state index is 11.9. The SMILES string of the molecule is CSC[C@H](N)C(=O)N[C@@H](C)C(=O)NCC(=O)N[C@@H](C=O)CCCNC(=N)N. The zero-order valence-corrected chi connectivity index (χ0v) is 16.4. The van der Waals surface area contributed by atoms with Crippen LogP contribution < -0.4 is 32.7 Å².